The number of primary amides is 1. The van der Waals surface area contributed by atoms with Crippen molar-refractivity contribution in [1.29, 1.82) is 0 Å². The first-order valence-corrected chi connectivity index (χ1v) is 11.4. The van der Waals surface area contributed by atoms with Crippen LogP contribution in [0.1, 0.15) is 36.0 Å². The van der Waals surface area contributed by atoms with Crippen molar-refractivity contribution in [2.24, 2.45) is 5.73 Å². The van der Waals surface area contributed by atoms with E-state index in [2.05, 4.69) is 66.6 Å². The van der Waals surface area contributed by atoms with Crippen molar-refractivity contribution in [2.45, 2.75) is 32.8 Å². The highest BCUT2D eigenvalue weighted by Gasteiger charge is 2.12. The molecule has 0 saturated heterocycles. The van der Waals surface area contributed by atoms with Crippen LogP contribution in [-0.4, -0.2) is 5.91 Å². The van der Waals surface area contributed by atoms with Crippen molar-refractivity contribution < 1.29 is 9.53 Å². The summed E-state index contributed by atoms with van der Waals surface area (Å²) >= 11 is 1.77. The van der Waals surface area contributed by atoms with Crippen molar-refractivity contribution >= 4 is 27.3 Å². The van der Waals surface area contributed by atoms with Crippen LogP contribution < -0.4 is 10.5 Å². The number of amides is 1. The third-order valence-corrected chi connectivity index (χ3v) is 6.45. The van der Waals surface area contributed by atoms with Gasteiger partial charge < -0.3 is 10.5 Å². The Bertz CT molecular complexity index is 1310. The summed E-state index contributed by atoms with van der Waals surface area (Å²) in [6.45, 7) is 4.40. The van der Waals surface area contributed by atoms with Gasteiger partial charge in [-0.3, -0.25) is 4.79 Å². The van der Waals surface area contributed by atoms with Gasteiger partial charge in [-0.25, -0.2) is 0 Å². The van der Waals surface area contributed by atoms with Crippen LogP contribution in [0.25, 0.3) is 21.2 Å². The van der Waals surface area contributed by atoms with Crippen LogP contribution in [0, 0.1) is 18.8 Å². The molecule has 1 aromatic heterocycles. The average molecular weight is 440 g/mol. The lowest BCUT2D eigenvalue weighted by Gasteiger charge is -2.11. The molecule has 160 valence electrons. The zero-order valence-electron chi connectivity index (χ0n) is 18.2. The fraction of sp³-hybridized carbons (Fsp3) is 0.179. The largest absolute Gasteiger partial charge is 0.489 e. The average Bonchev–Trinajstić information content (AvgIpc) is 3.21. The Kier molecular flexibility index (Phi) is 6.58. The number of nitrogens with two attached hydrogens (primary N) is 1. The zero-order valence-corrected chi connectivity index (χ0v) is 19.0. The molecule has 1 atom stereocenters. The molecule has 1 amide bonds. The minimum absolute atomic E-state index is 0.188. The molecular formula is C28H25NO2S. The van der Waals surface area contributed by atoms with Crippen molar-refractivity contribution in [3.8, 4) is 28.7 Å². The van der Waals surface area contributed by atoms with Crippen LogP contribution in [0.3, 0.4) is 0 Å². The number of carbonyl (C=O) groups excluding carboxylic acids is 1. The second-order valence-electron chi connectivity index (χ2n) is 7.77. The molecule has 0 saturated carbocycles. The smallest absolute Gasteiger partial charge is 0.219 e. The lowest BCUT2D eigenvalue weighted by Crippen LogP contribution is -2.14. The van der Waals surface area contributed by atoms with Gasteiger partial charge in [0.05, 0.1) is 5.92 Å². The van der Waals surface area contributed by atoms with E-state index in [1.807, 2.05) is 24.3 Å². The summed E-state index contributed by atoms with van der Waals surface area (Å²) in [5.74, 6) is 6.17. The van der Waals surface area contributed by atoms with Crippen molar-refractivity contribution in [2.75, 3.05) is 0 Å². The lowest BCUT2D eigenvalue weighted by molar-refractivity contribution is -0.118. The molecule has 0 radical (unpaired) electrons. The molecule has 0 aliphatic heterocycles. The first kappa shape index (κ1) is 21.7. The Morgan fingerprint density at radius 2 is 1.84 bits per heavy atom. The highest BCUT2D eigenvalue weighted by atomic mass is 32.1. The molecule has 4 aromatic rings. The number of aryl methyl sites for hydroxylation is 1. The topological polar surface area (TPSA) is 52.3 Å². The fourth-order valence-corrected chi connectivity index (χ4v) is 4.78. The third kappa shape index (κ3) is 4.85. The molecular weight excluding hydrogens is 414 g/mol. The lowest BCUT2D eigenvalue weighted by atomic mass is 9.96. The summed E-state index contributed by atoms with van der Waals surface area (Å²) in [7, 11) is 0. The quantitative estimate of drug-likeness (QED) is 0.337. The summed E-state index contributed by atoms with van der Waals surface area (Å²) in [5.41, 5.74) is 11.3. The van der Waals surface area contributed by atoms with Gasteiger partial charge in [-0.05, 0) is 65.7 Å². The summed E-state index contributed by atoms with van der Waals surface area (Å²) in [6.07, 6.45) is 0.213. The van der Waals surface area contributed by atoms with Gasteiger partial charge in [0, 0.05) is 22.1 Å². The standard InChI is InChI=1S/C28H25NO2S/c1-3-6-22(16-28(29)30)21-10-12-23(13-11-21)31-17-20-9-14-27-25(15-20)26(18-32-27)24-8-5-4-7-19(24)2/h4-5,7-15,18,22H,16-17H2,1-2H3,(H2,29,30)/t22-/m0/s1. The molecule has 32 heavy (non-hydrogen) atoms. The van der Waals surface area contributed by atoms with Crippen LogP contribution in [0.4, 0.5) is 0 Å². The predicted octanol–water partition coefficient (Wildman–Crippen LogP) is 6.44. The molecule has 4 rings (SSSR count). The minimum Gasteiger partial charge on any atom is -0.489 e. The van der Waals surface area contributed by atoms with E-state index in [0.717, 1.165) is 16.9 Å². The maximum Gasteiger partial charge on any atom is 0.219 e. The van der Waals surface area contributed by atoms with Gasteiger partial charge in [-0.15, -0.1) is 17.3 Å². The molecule has 0 bridgehead atoms. The summed E-state index contributed by atoms with van der Waals surface area (Å²) < 4.78 is 7.31. The van der Waals surface area contributed by atoms with Gasteiger partial charge in [-0.1, -0.05) is 48.4 Å². The first-order chi connectivity index (χ1) is 15.5. The van der Waals surface area contributed by atoms with Crippen molar-refractivity contribution in [3.63, 3.8) is 0 Å². The van der Waals surface area contributed by atoms with Gasteiger partial charge in [0.1, 0.15) is 12.4 Å². The van der Waals surface area contributed by atoms with E-state index in [9.17, 15) is 4.79 Å². The van der Waals surface area contributed by atoms with Crippen molar-refractivity contribution in [3.05, 3.63) is 88.8 Å². The molecule has 3 nitrogen and oxygen atoms in total. The molecule has 0 aliphatic carbocycles. The molecule has 3 aromatic carbocycles. The van der Waals surface area contributed by atoms with Gasteiger partial charge in [0.25, 0.3) is 0 Å². The fourth-order valence-electron chi connectivity index (χ4n) is 3.84. The van der Waals surface area contributed by atoms with E-state index < -0.39 is 0 Å². The molecule has 0 aliphatic rings. The Balaban J connectivity index is 1.51. The van der Waals surface area contributed by atoms with Gasteiger partial charge in [0.2, 0.25) is 5.91 Å². The highest BCUT2D eigenvalue weighted by Crippen LogP contribution is 2.36. The molecule has 1 heterocycles. The van der Waals surface area contributed by atoms with Crippen LogP contribution in [-0.2, 0) is 11.4 Å². The maximum atomic E-state index is 11.3. The number of rotatable bonds is 7. The second-order valence-corrected chi connectivity index (χ2v) is 8.68. The summed E-state index contributed by atoms with van der Waals surface area (Å²) in [6, 6.07) is 22.7. The second kappa shape index (κ2) is 9.72. The Hall–Kier alpha value is -3.55. The number of hydrogen-bond acceptors (Lipinski definition) is 3. The Morgan fingerprint density at radius 1 is 1.06 bits per heavy atom. The number of thiophene rings is 1. The number of fused-ring (bicyclic) bond motifs is 1. The first-order valence-electron chi connectivity index (χ1n) is 10.5. The van der Waals surface area contributed by atoms with E-state index >= 15 is 0 Å². The van der Waals surface area contributed by atoms with Crippen LogP contribution in [0.2, 0.25) is 0 Å². The summed E-state index contributed by atoms with van der Waals surface area (Å²) in [5, 5.41) is 3.49. The number of ether oxygens (including phenoxy) is 1. The van der Waals surface area contributed by atoms with Crippen LogP contribution in [0.5, 0.6) is 5.75 Å². The number of carbonyl (C=O) groups is 1. The van der Waals surface area contributed by atoms with E-state index in [4.69, 9.17) is 10.5 Å². The minimum atomic E-state index is -0.355. The molecule has 0 spiro atoms. The summed E-state index contributed by atoms with van der Waals surface area (Å²) in [4.78, 5) is 11.3. The monoisotopic (exact) mass is 439 g/mol. The van der Waals surface area contributed by atoms with Gasteiger partial charge >= 0.3 is 0 Å². The van der Waals surface area contributed by atoms with E-state index in [1.165, 1.54) is 26.8 Å². The predicted molar refractivity (Wildman–Crippen MR) is 133 cm³/mol. The SMILES string of the molecule is CC#C[C@@H](CC(N)=O)c1ccc(OCc2ccc3scc(-c4ccccc4C)c3c2)cc1. The molecule has 2 N–H and O–H groups in total. The molecule has 0 fully saturated rings. The number of benzene rings is 3. The van der Waals surface area contributed by atoms with Gasteiger partial charge in [-0.2, -0.15) is 0 Å². The Morgan fingerprint density at radius 3 is 2.56 bits per heavy atom. The normalized spacial score (nSPS) is 11.6. The molecule has 0 unspecified atom stereocenters. The van der Waals surface area contributed by atoms with Crippen LogP contribution >= 0.6 is 11.3 Å². The zero-order chi connectivity index (χ0) is 22.5. The molecule has 4 heteroatoms. The van der Waals surface area contributed by atoms with Crippen molar-refractivity contribution in [1.82, 2.24) is 0 Å². The van der Waals surface area contributed by atoms with Crippen LogP contribution in [0.15, 0.2) is 72.1 Å². The highest BCUT2D eigenvalue weighted by molar-refractivity contribution is 7.17. The Labute approximate surface area is 192 Å². The third-order valence-electron chi connectivity index (χ3n) is 5.48. The van der Waals surface area contributed by atoms with Gasteiger partial charge in [0.15, 0.2) is 0 Å². The van der Waals surface area contributed by atoms with E-state index in [-0.39, 0.29) is 18.2 Å². The van der Waals surface area contributed by atoms with E-state index in [0.29, 0.717) is 6.61 Å². The number of hydrogen-bond donors (Lipinski definition) is 1. The maximum absolute atomic E-state index is 11.3. The van der Waals surface area contributed by atoms with E-state index in [1.54, 1.807) is 18.3 Å².